The van der Waals surface area contributed by atoms with Crippen LogP contribution in [0.25, 0.3) is 0 Å². The molecule has 12 heteroatoms. The maximum atomic E-state index is 14.7. The second-order valence-electron chi connectivity index (χ2n) is 11.1. The van der Waals surface area contributed by atoms with Gasteiger partial charge in [0, 0.05) is 26.2 Å². The van der Waals surface area contributed by atoms with Crippen molar-refractivity contribution in [2.45, 2.75) is 62.2 Å². The van der Waals surface area contributed by atoms with Gasteiger partial charge in [0.15, 0.2) is 0 Å². The number of hydrogen-bond donors (Lipinski definition) is 0. The van der Waals surface area contributed by atoms with E-state index in [1.807, 2.05) is 24.3 Å². The molecule has 2 saturated heterocycles. The molecule has 0 spiro atoms. The van der Waals surface area contributed by atoms with Crippen LogP contribution < -0.4 is 0 Å². The molecule has 0 aromatic heterocycles. The molecule has 2 fully saturated rings. The largest absolute Gasteiger partial charge is 0.392 e. The molecule has 2 heterocycles. The topological polar surface area (TPSA) is 40.6 Å². The van der Waals surface area contributed by atoms with Crippen LogP contribution >= 0.6 is 0 Å². The number of benzene rings is 2. The molecule has 0 aliphatic carbocycles. The molecular formula is C30H32F8N2O2. The molecule has 2 amide bonds. The van der Waals surface area contributed by atoms with Crippen molar-refractivity contribution in [2.75, 3.05) is 26.2 Å². The monoisotopic (exact) mass is 604 g/mol. The molecule has 0 saturated carbocycles. The van der Waals surface area contributed by atoms with Crippen molar-refractivity contribution in [1.29, 1.82) is 0 Å². The van der Waals surface area contributed by atoms with Gasteiger partial charge in [-0.05, 0) is 61.5 Å². The number of alkyl halides is 8. The van der Waals surface area contributed by atoms with E-state index in [0.29, 0.717) is 22.6 Å². The van der Waals surface area contributed by atoms with E-state index in [-0.39, 0.29) is 37.5 Å². The Hall–Kier alpha value is -3.18. The van der Waals surface area contributed by atoms with Crippen LogP contribution in [0.4, 0.5) is 35.1 Å². The number of likely N-dealkylation sites (tertiary alicyclic amines) is 2. The number of carbonyl (C=O) groups excluding carboxylic acids is 2. The number of carbonyl (C=O) groups is 2. The van der Waals surface area contributed by atoms with Gasteiger partial charge in [0.2, 0.25) is 0 Å². The second kappa shape index (κ2) is 12.2. The van der Waals surface area contributed by atoms with Crippen LogP contribution in [0.15, 0.2) is 60.7 Å². The van der Waals surface area contributed by atoms with E-state index in [0.717, 1.165) is 11.1 Å². The Morgan fingerprint density at radius 1 is 0.548 bits per heavy atom. The van der Waals surface area contributed by atoms with E-state index in [2.05, 4.69) is 0 Å². The number of halogens is 8. The predicted octanol–water partition coefficient (Wildman–Crippen LogP) is 6.49. The van der Waals surface area contributed by atoms with Crippen LogP contribution in [0.5, 0.6) is 0 Å². The third-order valence-corrected chi connectivity index (χ3v) is 8.26. The van der Waals surface area contributed by atoms with Crippen LogP contribution in [0.3, 0.4) is 0 Å². The Balaban J connectivity index is 1.39. The smallest absolute Gasteiger partial charge is 0.337 e. The van der Waals surface area contributed by atoms with Gasteiger partial charge >= 0.3 is 23.7 Å². The summed E-state index contributed by atoms with van der Waals surface area (Å²) in [4.78, 5) is 25.4. The molecule has 2 aliphatic heterocycles. The van der Waals surface area contributed by atoms with Crippen molar-refractivity contribution in [2.24, 2.45) is 11.8 Å². The average Bonchev–Trinajstić information content (AvgIpc) is 2.98. The second-order valence-corrected chi connectivity index (χ2v) is 11.1. The third kappa shape index (κ3) is 6.13. The van der Waals surface area contributed by atoms with Crippen LogP contribution in [0.1, 0.15) is 36.8 Å². The highest BCUT2D eigenvalue weighted by Gasteiger charge is 2.85. The summed E-state index contributed by atoms with van der Waals surface area (Å²) in [5.74, 6) is -31.6. The number of nitrogens with zero attached hydrogens (tertiary/aromatic N) is 2. The summed E-state index contributed by atoms with van der Waals surface area (Å²) in [6, 6.07) is 18.1. The first-order valence-corrected chi connectivity index (χ1v) is 13.9. The minimum Gasteiger partial charge on any atom is -0.337 e. The van der Waals surface area contributed by atoms with Crippen molar-refractivity contribution >= 4 is 11.8 Å². The fourth-order valence-corrected chi connectivity index (χ4v) is 5.64. The first-order valence-electron chi connectivity index (χ1n) is 13.9. The fourth-order valence-electron chi connectivity index (χ4n) is 5.64. The van der Waals surface area contributed by atoms with Crippen LogP contribution in [-0.2, 0) is 22.4 Å². The third-order valence-electron chi connectivity index (χ3n) is 8.26. The van der Waals surface area contributed by atoms with Gasteiger partial charge in [-0.2, -0.15) is 35.1 Å². The van der Waals surface area contributed by atoms with E-state index in [9.17, 15) is 44.7 Å². The minimum atomic E-state index is -6.84. The molecule has 0 N–H and O–H groups in total. The Kier molecular flexibility index (Phi) is 9.22. The molecular weight excluding hydrogens is 572 g/mol. The van der Waals surface area contributed by atoms with E-state index in [4.69, 9.17) is 0 Å². The Bertz CT molecular complexity index is 1110. The van der Waals surface area contributed by atoms with Crippen LogP contribution in [0, 0.1) is 11.8 Å². The first-order chi connectivity index (χ1) is 19.7. The maximum Gasteiger partial charge on any atom is 0.392 e. The van der Waals surface area contributed by atoms with Gasteiger partial charge in [0.1, 0.15) is 0 Å². The zero-order chi connectivity index (χ0) is 30.8. The Morgan fingerprint density at radius 3 is 1.12 bits per heavy atom. The van der Waals surface area contributed by atoms with Crippen molar-refractivity contribution in [3.63, 3.8) is 0 Å². The van der Waals surface area contributed by atoms with Crippen LogP contribution in [0.2, 0.25) is 0 Å². The minimum absolute atomic E-state index is 0.0780. The van der Waals surface area contributed by atoms with E-state index in [1.165, 1.54) is 0 Å². The first kappa shape index (κ1) is 31.7. The van der Waals surface area contributed by atoms with Gasteiger partial charge in [0.05, 0.1) is 0 Å². The van der Waals surface area contributed by atoms with Gasteiger partial charge in [0.25, 0.3) is 11.8 Å². The van der Waals surface area contributed by atoms with Gasteiger partial charge in [-0.1, -0.05) is 60.7 Å². The molecule has 0 radical (unpaired) electrons. The molecule has 0 unspecified atom stereocenters. The normalized spacial score (nSPS) is 18.3. The van der Waals surface area contributed by atoms with Gasteiger partial charge < -0.3 is 9.80 Å². The lowest BCUT2D eigenvalue weighted by Gasteiger charge is -2.40. The highest BCUT2D eigenvalue weighted by molar-refractivity contribution is 5.87. The number of rotatable bonds is 9. The molecule has 2 aromatic carbocycles. The Labute approximate surface area is 238 Å². The fraction of sp³-hybridized carbons (Fsp3) is 0.533. The van der Waals surface area contributed by atoms with E-state index >= 15 is 0 Å². The Morgan fingerprint density at radius 2 is 0.833 bits per heavy atom. The van der Waals surface area contributed by atoms with Crippen molar-refractivity contribution in [3.8, 4) is 0 Å². The average molecular weight is 605 g/mol. The highest BCUT2D eigenvalue weighted by atomic mass is 19.4. The molecule has 2 aromatic rings. The summed E-state index contributed by atoms with van der Waals surface area (Å²) in [6.45, 7) is -1.72. The summed E-state index contributed by atoms with van der Waals surface area (Å²) < 4.78 is 118. The highest BCUT2D eigenvalue weighted by Crippen LogP contribution is 2.54. The summed E-state index contributed by atoms with van der Waals surface area (Å²) in [6.07, 6.45) is 1.60. The van der Waals surface area contributed by atoms with Gasteiger partial charge in [-0.15, -0.1) is 0 Å². The van der Waals surface area contributed by atoms with Crippen molar-refractivity contribution < 1.29 is 44.7 Å². The number of amides is 2. The van der Waals surface area contributed by atoms with Crippen molar-refractivity contribution in [3.05, 3.63) is 71.8 Å². The standard InChI is InChI=1S/C30H32F8N2O2/c31-27(32,25(41)39-15-11-23(12-16-39)19-21-7-3-1-4-8-21)29(35,36)30(37,38)28(33,34)26(42)40-17-13-24(14-18-40)20-22-9-5-2-6-10-22/h1-10,23-24H,11-20H2. The van der Waals surface area contributed by atoms with Crippen LogP contribution in [-0.4, -0.2) is 71.5 Å². The lowest BCUT2D eigenvalue weighted by Crippen LogP contribution is -2.69. The molecule has 4 rings (SSSR count). The molecule has 42 heavy (non-hydrogen) atoms. The summed E-state index contributed by atoms with van der Waals surface area (Å²) in [7, 11) is 0. The van der Waals surface area contributed by atoms with E-state index < -0.39 is 61.7 Å². The lowest BCUT2D eigenvalue weighted by molar-refractivity contribution is -0.350. The summed E-state index contributed by atoms with van der Waals surface area (Å²) in [5.41, 5.74) is 1.87. The number of piperidine rings is 2. The maximum absolute atomic E-state index is 14.7. The molecule has 230 valence electrons. The SMILES string of the molecule is O=C(N1CCC(Cc2ccccc2)CC1)C(F)(F)C(F)(F)C(F)(F)C(F)(F)C(=O)N1CCC(Cc2ccccc2)CC1. The van der Waals surface area contributed by atoms with Gasteiger partial charge in [-0.25, -0.2) is 0 Å². The zero-order valence-corrected chi connectivity index (χ0v) is 22.7. The zero-order valence-electron chi connectivity index (χ0n) is 22.7. The molecule has 2 aliphatic rings. The van der Waals surface area contributed by atoms with Crippen molar-refractivity contribution in [1.82, 2.24) is 9.80 Å². The quantitative estimate of drug-likeness (QED) is 0.307. The predicted molar refractivity (Wildman–Crippen MR) is 139 cm³/mol. The summed E-state index contributed by atoms with van der Waals surface area (Å²) >= 11 is 0. The lowest BCUT2D eigenvalue weighted by atomic mass is 9.89. The summed E-state index contributed by atoms with van der Waals surface area (Å²) in [5, 5.41) is 0. The van der Waals surface area contributed by atoms with Gasteiger partial charge in [-0.3, -0.25) is 9.59 Å². The molecule has 4 nitrogen and oxygen atoms in total. The number of hydrogen-bond acceptors (Lipinski definition) is 2. The van der Waals surface area contributed by atoms with E-state index in [1.54, 1.807) is 36.4 Å². The molecule has 0 atom stereocenters. The molecule has 0 bridgehead atoms.